The molecule has 0 aliphatic carbocycles. The molecule has 2 heterocycles. The smallest absolute Gasteiger partial charge is 0.150 e. The third kappa shape index (κ3) is 1.09. The summed E-state index contributed by atoms with van der Waals surface area (Å²) in [5.41, 5.74) is 8.83. The molecule has 2 aromatic rings. The van der Waals surface area contributed by atoms with Gasteiger partial charge in [-0.25, -0.2) is 9.37 Å². The second-order valence-electron chi connectivity index (χ2n) is 2.38. The van der Waals surface area contributed by atoms with Crippen molar-refractivity contribution in [2.24, 2.45) is 5.11 Å². The molecular weight excluding hydrogens is 173 g/mol. The van der Waals surface area contributed by atoms with Crippen molar-refractivity contribution in [1.82, 2.24) is 9.97 Å². The summed E-state index contributed by atoms with van der Waals surface area (Å²) >= 11 is 0. The molecule has 2 rings (SSSR count). The van der Waals surface area contributed by atoms with E-state index in [-0.39, 0.29) is 11.1 Å². The molecule has 0 fully saturated rings. The second kappa shape index (κ2) is 2.76. The van der Waals surface area contributed by atoms with Gasteiger partial charge in [-0.3, -0.25) is 0 Å². The predicted molar refractivity (Wildman–Crippen MR) is 44.9 cm³/mol. The van der Waals surface area contributed by atoms with Crippen LogP contribution in [0.4, 0.5) is 10.1 Å². The minimum absolute atomic E-state index is 0.223. The third-order valence-corrected chi connectivity index (χ3v) is 1.66. The molecule has 0 aliphatic rings. The van der Waals surface area contributed by atoms with Gasteiger partial charge in [0.1, 0.15) is 5.65 Å². The first-order valence-corrected chi connectivity index (χ1v) is 3.49. The van der Waals surface area contributed by atoms with Crippen LogP contribution in [0.5, 0.6) is 0 Å². The number of azide groups is 1. The van der Waals surface area contributed by atoms with E-state index in [4.69, 9.17) is 5.53 Å². The minimum atomic E-state index is -0.467. The molecule has 0 atom stereocenters. The highest BCUT2D eigenvalue weighted by Gasteiger charge is 2.07. The number of pyridine rings is 1. The molecule has 6 heteroatoms. The number of nitrogens with zero attached hydrogens (tertiary/aromatic N) is 4. The van der Waals surface area contributed by atoms with Crippen molar-refractivity contribution in [3.8, 4) is 0 Å². The molecule has 0 aliphatic heterocycles. The Bertz CT molecular complexity index is 497. The normalized spacial score (nSPS) is 9.92. The van der Waals surface area contributed by atoms with E-state index in [1.165, 1.54) is 18.5 Å². The number of hydrogen-bond donors (Lipinski definition) is 1. The molecule has 0 saturated heterocycles. The van der Waals surface area contributed by atoms with Crippen molar-refractivity contribution < 1.29 is 4.39 Å². The summed E-state index contributed by atoms with van der Waals surface area (Å²) in [6.07, 6.45) is 2.62. The number of halogens is 1. The molecule has 0 spiro atoms. The van der Waals surface area contributed by atoms with Crippen molar-refractivity contribution in [3.63, 3.8) is 0 Å². The summed E-state index contributed by atoms with van der Waals surface area (Å²) in [5.74, 6) is -0.467. The average molecular weight is 177 g/mol. The fourth-order valence-electron chi connectivity index (χ4n) is 1.13. The lowest BCUT2D eigenvalue weighted by molar-refractivity contribution is 0.639. The van der Waals surface area contributed by atoms with E-state index >= 15 is 0 Å². The molecule has 0 unspecified atom stereocenters. The van der Waals surface area contributed by atoms with E-state index in [0.717, 1.165) is 0 Å². The number of H-pyrrole nitrogens is 1. The monoisotopic (exact) mass is 177 g/mol. The van der Waals surface area contributed by atoms with Crippen molar-refractivity contribution in [2.45, 2.75) is 0 Å². The van der Waals surface area contributed by atoms with E-state index in [2.05, 4.69) is 20.0 Å². The highest BCUT2D eigenvalue weighted by molar-refractivity contribution is 5.87. The van der Waals surface area contributed by atoms with Crippen molar-refractivity contribution in [2.75, 3.05) is 0 Å². The second-order valence-corrected chi connectivity index (χ2v) is 2.38. The topological polar surface area (TPSA) is 77.4 Å². The quantitative estimate of drug-likeness (QED) is 0.405. The summed E-state index contributed by atoms with van der Waals surface area (Å²) in [7, 11) is 0. The van der Waals surface area contributed by atoms with Crippen LogP contribution >= 0.6 is 0 Å². The van der Waals surface area contributed by atoms with Gasteiger partial charge in [-0.1, -0.05) is 5.11 Å². The lowest BCUT2D eigenvalue weighted by Gasteiger charge is -1.92. The summed E-state index contributed by atoms with van der Waals surface area (Å²) in [6, 6.07) is 1.46. The largest absolute Gasteiger partial charge is 0.343 e. The van der Waals surface area contributed by atoms with E-state index in [1.54, 1.807) is 0 Å². The van der Waals surface area contributed by atoms with E-state index in [0.29, 0.717) is 5.65 Å². The number of fused-ring (bicyclic) bond motifs is 1. The van der Waals surface area contributed by atoms with Crippen molar-refractivity contribution in [3.05, 3.63) is 34.7 Å². The van der Waals surface area contributed by atoms with Crippen LogP contribution in [-0.2, 0) is 0 Å². The van der Waals surface area contributed by atoms with E-state index < -0.39 is 5.82 Å². The van der Waals surface area contributed by atoms with Crippen molar-refractivity contribution >= 4 is 16.7 Å². The fraction of sp³-hybridized carbons (Fsp3) is 0. The Morgan fingerprint density at radius 2 is 2.46 bits per heavy atom. The SMILES string of the molecule is [N-]=[N+]=Nc1ccnc2[nH]cc(F)c12. The van der Waals surface area contributed by atoms with Crippen LogP contribution in [0.3, 0.4) is 0 Å². The molecule has 2 aromatic heterocycles. The Labute approximate surface area is 71.8 Å². The zero-order valence-electron chi connectivity index (χ0n) is 6.40. The summed E-state index contributed by atoms with van der Waals surface area (Å²) in [4.78, 5) is 9.08. The first-order chi connectivity index (χ1) is 6.33. The van der Waals surface area contributed by atoms with E-state index in [1.807, 2.05) is 0 Å². The highest BCUT2D eigenvalue weighted by Crippen LogP contribution is 2.26. The third-order valence-electron chi connectivity index (χ3n) is 1.66. The number of rotatable bonds is 1. The maximum absolute atomic E-state index is 13.1. The summed E-state index contributed by atoms with van der Waals surface area (Å²) in [5, 5.41) is 3.57. The predicted octanol–water partition coefficient (Wildman–Crippen LogP) is 2.64. The highest BCUT2D eigenvalue weighted by atomic mass is 19.1. The van der Waals surface area contributed by atoms with Gasteiger partial charge < -0.3 is 4.98 Å². The van der Waals surface area contributed by atoms with Gasteiger partial charge in [-0.05, 0) is 11.6 Å². The molecule has 0 saturated carbocycles. The molecule has 64 valence electrons. The lowest BCUT2D eigenvalue weighted by Crippen LogP contribution is -1.75. The molecule has 5 nitrogen and oxygen atoms in total. The van der Waals surface area contributed by atoms with Gasteiger partial charge in [-0.2, -0.15) is 0 Å². The number of aromatic nitrogens is 2. The molecule has 0 amide bonds. The molecule has 0 bridgehead atoms. The van der Waals surface area contributed by atoms with Gasteiger partial charge in [0.25, 0.3) is 0 Å². The van der Waals surface area contributed by atoms with Crippen LogP contribution in [0.25, 0.3) is 21.5 Å². The Morgan fingerprint density at radius 3 is 3.23 bits per heavy atom. The van der Waals surface area contributed by atoms with Crippen LogP contribution in [0.1, 0.15) is 0 Å². The first-order valence-electron chi connectivity index (χ1n) is 3.49. The van der Waals surface area contributed by atoms with Gasteiger partial charge in [0.05, 0.1) is 11.1 Å². The lowest BCUT2D eigenvalue weighted by atomic mass is 10.3. The maximum atomic E-state index is 13.1. The zero-order chi connectivity index (χ0) is 9.26. The number of aromatic amines is 1. The van der Waals surface area contributed by atoms with Crippen molar-refractivity contribution in [1.29, 1.82) is 0 Å². The van der Waals surface area contributed by atoms with Crippen LogP contribution in [0.2, 0.25) is 0 Å². The van der Waals surface area contributed by atoms with Gasteiger partial charge >= 0.3 is 0 Å². The first kappa shape index (κ1) is 7.57. The Kier molecular flexibility index (Phi) is 1.61. The Hall–Kier alpha value is -2.07. The Balaban J connectivity index is 2.87. The van der Waals surface area contributed by atoms with Gasteiger partial charge in [-0.15, -0.1) is 0 Å². The number of hydrogen-bond acceptors (Lipinski definition) is 2. The fourth-order valence-corrected chi connectivity index (χ4v) is 1.13. The molecule has 0 radical (unpaired) electrons. The molecular formula is C7H4FN5. The standard InChI is InChI=1S/C7H4FN5/c8-4-3-11-7-6(4)5(12-13-9)1-2-10-7/h1-3H,(H,10,11). The zero-order valence-corrected chi connectivity index (χ0v) is 6.40. The molecule has 0 aromatic carbocycles. The maximum Gasteiger partial charge on any atom is 0.150 e. The van der Waals surface area contributed by atoms with Gasteiger partial charge in [0, 0.05) is 17.3 Å². The van der Waals surface area contributed by atoms with Crippen LogP contribution in [-0.4, -0.2) is 9.97 Å². The Morgan fingerprint density at radius 1 is 1.62 bits per heavy atom. The molecule has 13 heavy (non-hydrogen) atoms. The average Bonchev–Trinajstić information content (AvgIpc) is 2.50. The summed E-state index contributed by atoms with van der Waals surface area (Å²) < 4.78 is 13.1. The minimum Gasteiger partial charge on any atom is -0.343 e. The van der Waals surface area contributed by atoms with E-state index in [9.17, 15) is 4.39 Å². The van der Waals surface area contributed by atoms with Gasteiger partial charge in [0.15, 0.2) is 5.82 Å². The summed E-state index contributed by atoms with van der Waals surface area (Å²) in [6.45, 7) is 0. The molecule has 1 N–H and O–H groups in total. The van der Waals surface area contributed by atoms with Crippen LogP contribution < -0.4 is 0 Å². The van der Waals surface area contributed by atoms with Crippen LogP contribution in [0.15, 0.2) is 23.6 Å². The number of nitrogens with one attached hydrogen (secondary N) is 1. The van der Waals surface area contributed by atoms with Crippen LogP contribution in [0, 0.1) is 5.82 Å². The van der Waals surface area contributed by atoms with Gasteiger partial charge in [0.2, 0.25) is 0 Å².